The molecule has 3 rings (SSSR count). The van der Waals surface area contributed by atoms with Gasteiger partial charge in [0.1, 0.15) is 0 Å². The summed E-state index contributed by atoms with van der Waals surface area (Å²) in [5, 5.41) is 21.8. The Hall–Kier alpha value is -2.93. The summed E-state index contributed by atoms with van der Waals surface area (Å²) in [6.07, 6.45) is 0. The highest BCUT2D eigenvalue weighted by Gasteiger charge is 2.18. The molecule has 142 valence electrons. The number of H-pyrrole nitrogens is 1. The summed E-state index contributed by atoms with van der Waals surface area (Å²) < 4.78 is 2.03. The van der Waals surface area contributed by atoms with Crippen LogP contribution < -0.4 is 11.3 Å². The molecule has 0 radical (unpaired) electrons. The van der Waals surface area contributed by atoms with E-state index in [9.17, 15) is 14.9 Å². The number of aryl methyl sites for hydroxylation is 1. The van der Waals surface area contributed by atoms with Gasteiger partial charge in [0.15, 0.2) is 10.8 Å². The molecule has 0 aliphatic heterocycles. The van der Waals surface area contributed by atoms with Crippen LogP contribution in [0.15, 0.2) is 57.5 Å². The van der Waals surface area contributed by atoms with E-state index in [-0.39, 0.29) is 16.5 Å². The fourth-order valence-corrected chi connectivity index (χ4v) is 3.24. The Morgan fingerprint density at radius 3 is 2.50 bits per heavy atom. The molecule has 0 fully saturated rings. The lowest BCUT2D eigenvalue weighted by molar-refractivity contribution is -0.384. The monoisotopic (exact) mass is 508 g/mol. The van der Waals surface area contributed by atoms with Crippen molar-refractivity contribution in [3.63, 3.8) is 0 Å². The highest BCUT2D eigenvalue weighted by Crippen LogP contribution is 2.29. The third-order valence-electron chi connectivity index (χ3n) is 3.87. The molecular weight excluding hydrogens is 495 g/mol. The van der Waals surface area contributed by atoms with Gasteiger partial charge in [0.2, 0.25) is 0 Å². The van der Waals surface area contributed by atoms with Crippen LogP contribution in [-0.4, -0.2) is 19.8 Å². The summed E-state index contributed by atoms with van der Waals surface area (Å²) in [5.74, 6) is 0. The summed E-state index contributed by atoms with van der Waals surface area (Å²) in [7, 11) is 0. The molecule has 3 N–H and O–H groups in total. The minimum Gasteiger partial charge on any atom is -0.374 e. The van der Waals surface area contributed by atoms with Crippen LogP contribution in [0.25, 0.3) is 11.3 Å². The van der Waals surface area contributed by atoms with Crippen LogP contribution in [0.3, 0.4) is 0 Å². The van der Waals surface area contributed by atoms with E-state index in [0.29, 0.717) is 16.9 Å². The first kappa shape index (κ1) is 19.8. The maximum absolute atomic E-state index is 12.6. The number of nitrogens with two attached hydrogens (primary N) is 1. The standard InChI is InChI=1S/C17H13IN6O3S/c1-9-8-11(18)4-7-13(9)20-21-15-14(22-23(16(15)25)17(19)28)10-2-5-12(6-3-10)24(26)27/h2-8,22H,1H3,(H2,19,28). The molecule has 1 aromatic heterocycles. The van der Waals surface area contributed by atoms with Gasteiger partial charge in [-0.15, -0.1) is 5.11 Å². The van der Waals surface area contributed by atoms with Gasteiger partial charge in [-0.3, -0.25) is 20.0 Å². The number of thiocarbonyl (C=S) groups is 1. The SMILES string of the molecule is Cc1cc(I)ccc1N=Nc1c(-c2ccc([N+](=O)[O-])cc2)[nH]n(C(N)=S)c1=O. The number of aromatic amines is 1. The second-order valence-corrected chi connectivity index (χ2v) is 7.41. The van der Waals surface area contributed by atoms with E-state index < -0.39 is 10.5 Å². The van der Waals surface area contributed by atoms with Crippen LogP contribution >= 0.6 is 34.8 Å². The predicted octanol–water partition coefficient (Wildman–Crippen LogP) is 4.17. The van der Waals surface area contributed by atoms with Crippen molar-refractivity contribution in [1.82, 2.24) is 9.78 Å². The molecule has 1 heterocycles. The fraction of sp³-hybridized carbons (Fsp3) is 0.0588. The van der Waals surface area contributed by atoms with Gasteiger partial charge in [-0.25, -0.2) is 0 Å². The number of benzene rings is 2. The first-order chi connectivity index (χ1) is 13.3. The number of nitro benzene ring substituents is 1. The highest BCUT2D eigenvalue weighted by molar-refractivity contribution is 14.1. The molecule has 0 saturated heterocycles. The maximum Gasteiger partial charge on any atom is 0.301 e. The van der Waals surface area contributed by atoms with E-state index >= 15 is 0 Å². The number of nitrogens with zero attached hydrogens (tertiary/aromatic N) is 4. The molecule has 0 aliphatic carbocycles. The lowest BCUT2D eigenvalue weighted by atomic mass is 10.1. The molecule has 0 spiro atoms. The summed E-state index contributed by atoms with van der Waals surface area (Å²) in [6, 6.07) is 11.3. The van der Waals surface area contributed by atoms with E-state index in [1.165, 1.54) is 24.3 Å². The van der Waals surface area contributed by atoms with Gasteiger partial charge < -0.3 is 5.73 Å². The van der Waals surface area contributed by atoms with E-state index in [4.69, 9.17) is 18.0 Å². The van der Waals surface area contributed by atoms with Gasteiger partial charge in [0.05, 0.1) is 16.3 Å². The normalized spacial score (nSPS) is 11.1. The average molecular weight is 508 g/mol. The van der Waals surface area contributed by atoms with Crippen molar-refractivity contribution in [2.45, 2.75) is 6.92 Å². The largest absolute Gasteiger partial charge is 0.374 e. The molecule has 0 amide bonds. The topological polar surface area (TPSA) is 132 Å². The summed E-state index contributed by atoms with van der Waals surface area (Å²) in [4.78, 5) is 23.0. The molecule has 0 aliphatic rings. The fourth-order valence-electron chi connectivity index (χ4n) is 2.46. The van der Waals surface area contributed by atoms with Crippen molar-refractivity contribution >= 4 is 57.0 Å². The lowest BCUT2D eigenvalue weighted by Crippen LogP contribution is -2.29. The number of nitrogens with one attached hydrogen (secondary N) is 1. The molecule has 0 bridgehead atoms. The molecule has 9 nitrogen and oxygen atoms in total. The van der Waals surface area contributed by atoms with Gasteiger partial charge in [-0.2, -0.15) is 9.80 Å². The Bertz CT molecular complexity index is 1170. The first-order valence-corrected chi connectivity index (χ1v) is 9.34. The Labute approximate surface area is 177 Å². The van der Waals surface area contributed by atoms with Crippen molar-refractivity contribution in [2.75, 3.05) is 0 Å². The zero-order chi connectivity index (χ0) is 20.4. The minimum atomic E-state index is -0.562. The molecule has 3 aromatic rings. The third kappa shape index (κ3) is 3.99. The van der Waals surface area contributed by atoms with Gasteiger partial charge >= 0.3 is 5.56 Å². The number of aromatic nitrogens is 2. The molecular formula is C17H13IN6O3S. The number of non-ortho nitro benzene ring substituents is 1. The zero-order valence-corrected chi connectivity index (χ0v) is 17.4. The number of halogens is 1. The van der Waals surface area contributed by atoms with Crippen molar-refractivity contribution in [1.29, 1.82) is 0 Å². The van der Waals surface area contributed by atoms with Gasteiger partial charge in [0, 0.05) is 21.3 Å². The van der Waals surface area contributed by atoms with Gasteiger partial charge in [-0.1, -0.05) is 0 Å². The van der Waals surface area contributed by atoms with Crippen molar-refractivity contribution < 1.29 is 4.92 Å². The summed E-state index contributed by atoms with van der Waals surface area (Å²) in [6.45, 7) is 1.89. The number of hydrogen-bond donors (Lipinski definition) is 2. The Morgan fingerprint density at radius 2 is 1.93 bits per heavy atom. The number of rotatable bonds is 4. The first-order valence-electron chi connectivity index (χ1n) is 7.85. The van der Waals surface area contributed by atoms with Crippen LogP contribution in [0.5, 0.6) is 0 Å². The van der Waals surface area contributed by atoms with E-state index in [0.717, 1.165) is 13.8 Å². The van der Waals surface area contributed by atoms with Crippen LogP contribution in [0.4, 0.5) is 17.1 Å². The lowest BCUT2D eigenvalue weighted by Gasteiger charge is -2.01. The number of nitro groups is 1. The predicted molar refractivity (Wildman–Crippen MR) is 117 cm³/mol. The van der Waals surface area contributed by atoms with Crippen LogP contribution in [0, 0.1) is 20.6 Å². The third-order valence-corrected chi connectivity index (χ3v) is 4.72. The van der Waals surface area contributed by atoms with Crippen LogP contribution in [0.1, 0.15) is 5.56 Å². The number of azo groups is 1. The van der Waals surface area contributed by atoms with Crippen LogP contribution in [-0.2, 0) is 0 Å². The summed E-state index contributed by atoms with van der Waals surface area (Å²) in [5.41, 5.74) is 7.27. The smallest absolute Gasteiger partial charge is 0.301 e. The second-order valence-electron chi connectivity index (χ2n) is 5.75. The zero-order valence-electron chi connectivity index (χ0n) is 14.4. The molecule has 28 heavy (non-hydrogen) atoms. The second kappa shape index (κ2) is 7.98. The molecule has 0 atom stereocenters. The minimum absolute atomic E-state index is 0.000368. The molecule has 2 aromatic carbocycles. The van der Waals surface area contributed by atoms with Crippen LogP contribution in [0.2, 0.25) is 0 Å². The Morgan fingerprint density at radius 1 is 1.25 bits per heavy atom. The van der Waals surface area contributed by atoms with E-state index in [1.54, 1.807) is 6.07 Å². The van der Waals surface area contributed by atoms with E-state index in [1.807, 2.05) is 19.1 Å². The van der Waals surface area contributed by atoms with Crippen molar-refractivity contribution in [3.8, 4) is 11.3 Å². The molecule has 11 heteroatoms. The van der Waals surface area contributed by atoms with Gasteiger partial charge in [0.25, 0.3) is 5.69 Å². The average Bonchev–Trinajstić information content (AvgIpc) is 2.98. The van der Waals surface area contributed by atoms with Crippen molar-refractivity contribution in [2.24, 2.45) is 16.0 Å². The van der Waals surface area contributed by atoms with Crippen molar-refractivity contribution in [3.05, 3.63) is 72.1 Å². The molecule has 0 unspecified atom stereocenters. The Balaban J connectivity index is 2.11. The summed E-state index contributed by atoms with van der Waals surface area (Å²) >= 11 is 7.08. The number of hydrogen-bond acceptors (Lipinski definition) is 6. The molecule has 0 saturated carbocycles. The maximum atomic E-state index is 12.6. The van der Waals surface area contributed by atoms with Gasteiger partial charge in [-0.05, 0) is 77.6 Å². The van der Waals surface area contributed by atoms with E-state index in [2.05, 4.69) is 37.9 Å². The highest BCUT2D eigenvalue weighted by atomic mass is 127. The quantitative estimate of drug-likeness (QED) is 0.180. The Kier molecular flexibility index (Phi) is 5.65.